The maximum Gasteiger partial charge on any atom is 0.253 e. The van der Waals surface area contributed by atoms with E-state index in [0.29, 0.717) is 24.2 Å². The first-order valence-corrected chi connectivity index (χ1v) is 8.35. The van der Waals surface area contributed by atoms with Gasteiger partial charge in [0.1, 0.15) is 18.0 Å². The van der Waals surface area contributed by atoms with E-state index in [9.17, 15) is 9.18 Å². The second kappa shape index (κ2) is 6.94. The van der Waals surface area contributed by atoms with Crippen molar-refractivity contribution in [2.75, 3.05) is 6.54 Å². The number of para-hydroxylation sites is 1. The van der Waals surface area contributed by atoms with Crippen LogP contribution in [0.3, 0.4) is 0 Å². The Kier molecular flexibility index (Phi) is 4.33. The van der Waals surface area contributed by atoms with Gasteiger partial charge in [0, 0.05) is 20.0 Å². The molecule has 0 aliphatic carbocycles. The minimum absolute atomic E-state index is 0.231. The molecule has 2 heterocycles. The average molecular weight is 365 g/mol. The SMILES string of the molecule is Cn1c(CCNC(=O)c2ccccc2-n2cnnn2)nc2ccc(F)cc21. The highest BCUT2D eigenvalue weighted by atomic mass is 19.1. The topological polar surface area (TPSA) is 90.5 Å². The molecular formula is C18H16FN7O. The Hall–Kier alpha value is -3.62. The Morgan fingerprint density at radius 2 is 2.07 bits per heavy atom. The van der Waals surface area contributed by atoms with E-state index in [2.05, 4.69) is 25.8 Å². The number of nitrogens with zero attached hydrogens (tertiary/aromatic N) is 6. The molecule has 9 heteroatoms. The second-order valence-electron chi connectivity index (χ2n) is 6.00. The lowest BCUT2D eigenvalue weighted by atomic mass is 10.1. The summed E-state index contributed by atoms with van der Waals surface area (Å²) >= 11 is 0. The van der Waals surface area contributed by atoms with Crippen LogP contribution in [0.1, 0.15) is 16.2 Å². The van der Waals surface area contributed by atoms with Gasteiger partial charge in [-0.25, -0.2) is 9.37 Å². The molecule has 4 aromatic rings. The minimum atomic E-state index is -0.301. The Labute approximate surface area is 153 Å². The lowest BCUT2D eigenvalue weighted by Gasteiger charge is -2.09. The predicted octanol–water partition coefficient (Wildman–Crippen LogP) is 1.66. The molecular weight excluding hydrogens is 349 g/mol. The van der Waals surface area contributed by atoms with Crippen LogP contribution in [-0.4, -0.2) is 42.2 Å². The number of imidazole rings is 1. The van der Waals surface area contributed by atoms with Crippen molar-refractivity contribution >= 4 is 16.9 Å². The number of aromatic nitrogens is 6. The summed E-state index contributed by atoms with van der Waals surface area (Å²) in [6.45, 7) is 0.391. The van der Waals surface area contributed by atoms with Crippen LogP contribution in [0.4, 0.5) is 4.39 Å². The van der Waals surface area contributed by atoms with Crippen molar-refractivity contribution in [3.8, 4) is 5.69 Å². The fraction of sp³-hybridized carbons (Fsp3) is 0.167. The molecule has 0 unspecified atom stereocenters. The Bertz CT molecular complexity index is 1100. The van der Waals surface area contributed by atoms with E-state index in [1.165, 1.54) is 23.1 Å². The molecule has 0 saturated heterocycles. The molecule has 0 fully saturated rings. The van der Waals surface area contributed by atoms with Gasteiger partial charge in [0.2, 0.25) is 0 Å². The third-order valence-electron chi connectivity index (χ3n) is 4.31. The van der Waals surface area contributed by atoms with Crippen LogP contribution in [0.15, 0.2) is 48.8 Å². The zero-order chi connectivity index (χ0) is 18.8. The zero-order valence-electron chi connectivity index (χ0n) is 14.5. The van der Waals surface area contributed by atoms with Gasteiger partial charge in [-0.3, -0.25) is 4.79 Å². The summed E-state index contributed by atoms with van der Waals surface area (Å²) in [5.41, 5.74) is 2.51. The van der Waals surface area contributed by atoms with Gasteiger partial charge < -0.3 is 9.88 Å². The summed E-state index contributed by atoms with van der Waals surface area (Å²) in [5, 5.41) is 13.9. The highest BCUT2D eigenvalue weighted by Gasteiger charge is 2.14. The van der Waals surface area contributed by atoms with Crippen LogP contribution in [-0.2, 0) is 13.5 Å². The lowest BCUT2D eigenvalue weighted by molar-refractivity contribution is 0.0953. The Morgan fingerprint density at radius 3 is 2.89 bits per heavy atom. The largest absolute Gasteiger partial charge is 0.352 e. The van der Waals surface area contributed by atoms with E-state index in [4.69, 9.17) is 0 Å². The molecule has 0 aliphatic heterocycles. The minimum Gasteiger partial charge on any atom is -0.352 e. The number of amides is 1. The summed E-state index contributed by atoms with van der Waals surface area (Å²) in [6, 6.07) is 11.6. The second-order valence-corrected chi connectivity index (χ2v) is 6.00. The summed E-state index contributed by atoms with van der Waals surface area (Å²) in [5.74, 6) is 0.236. The van der Waals surface area contributed by atoms with Crippen LogP contribution in [0.5, 0.6) is 0 Å². The number of tetrazole rings is 1. The van der Waals surface area contributed by atoms with Crippen LogP contribution >= 0.6 is 0 Å². The molecule has 2 aromatic carbocycles. The highest BCUT2D eigenvalue weighted by Crippen LogP contribution is 2.17. The number of benzene rings is 2. The van der Waals surface area contributed by atoms with Gasteiger partial charge in [-0.2, -0.15) is 4.68 Å². The normalized spacial score (nSPS) is 11.0. The van der Waals surface area contributed by atoms with Crippen LogP contribution in [0.2, 0.25) is 0 Å². The Morgan fingerprint density at radius 1 is 1.22 bits per heavy atom. The molecule has 0 aliphatic rings. The number of carbonyl (C=O) groups is 1. The fourth-order valence-corrected chi connectivity index (χ4v) is 2.96. The van der Waals surface area contributed by atoms with E-state index in [0.717, 1.165) is 16.9 Å². The monoisotopic (exact) mass is 365 g/mol. The van der Waals surface area contributed by atoms with Gasteiger partial charge in [0.25, 0.3) is 5.91 Å². The maximum absolute atomic E-state index is 13.4. The van der Waals surface area contributed by atoms with Crippen molar-refractivity contribution < 1.29 is 9.18 Å². The number of rotatable bonds is 5. The standard InChI is InChI=1S/C18H16FN7O/c1-25-16-10-12(19)6-7-14(16)22-17(25)8-9-20-18(27)13-4-2-3-5-15(13)26-11-21-23-24-26/h2-7,10-11H,8-9H2,1H3,(H,20,27). The number of hydrogen-bond donors (Lipinski definition) is 1. The molecule has 0 spiro atoms. The molecule has 1 N–H and O–H groups in total. The van der Waals surface area contributed by atoms with E-state index in [1.54, 1.807) is 24.3 Å². The fourth-order valence-electron chi connectivity index (χ4n) is 2.96. The summed E-state index contributed by atoms with van der Waals surface area (Å²) in [7, 11) is 1.83. The molecule has 0 bridgehead atoms. The molecule has 4 rings (SSSR count). The number of fused-ring (bicyclic) bond motifs is 1. The third-order valence-corrected chi connectivity index (χ3v) is 4.31. The van der Waals surface area contributed by atoms with Crippen molar-refractivity contribution in [2.24, 2.45) is 7.05 Å². The van der Waals surface area contributed by atoms with Crippen LogP contribution < -0.4 is 5.32 Å². The molecule has 0 radical (unpaired) electrons. The van der Waals surface area contributed by atoms with Crippen LogP contribution in [0.25, 0.3) is 16.7 Å². The quantitative estimate of drug-likeness (QED) is 0.581. The first-order chi connectivity index (χ1) is 13.1. The van der Waals surface area contributed by atoms with E-state index < -0.39 is 0 Å². The molecule has 8 nitrogen and oxygen atoms in total. The zero-order valence-corrected chi connectivity index (χ0v) is 14.5. The van der Waals surface area contributed by atoms with E-state index in [1.807, 2.05) is 17.7 Å². The molecule has 0 saturated carbocycles. The Balaban J connectivity index is 1.47. The average Bonchev–Trinajstić information content (AvgIpc) is 3.31. The molecule has 2 aromatic heterocycles. The number of aryl methyl sites for hydroxylation is 1. The first-order valence-electron chi connectivity index (χ1n) is 8.35. The predicted molar refractivity (Wildman–Crippen MR) is 95.9 cm³/mol. The van der Waals surface area contributed by atoms with Gasteiger partial charge in [0.15, 0.2) is 0 Å². The molecule has 27 heavy (non-hydrogen) atoms. The van der Waals surface area contributed by atoms with Crippen molar-refractivity contribution in [1.82, 2.24) is 35.1 Å². The van der Waals surface area contributed by atoms with Crippen LogP contribution in [0, 0.1) is 5.82 Å². The van der Waals surface area contributed by atoms with Gasteiger partial charge in [-0.15, -0.1) is 5.10 Å². The molecule has 1 amide bonds. The smallest absolute Gasteiger partial charge is 0.253 e. The number of carbonyl (C=O) groups excluding carboxylic acids is 1. The van der Waals surface area contributed by atoms with Gasteiger partial charge >= 0.3 is 0 Å². The summed E-state index contributed by atoms with van der Waals surface area (Å²) < 4.78 is 16.7. The first kappa shape index (κ1) is 16.8. The van der Waals surface area contributed by atoms with E-state index in [-0.39, 0.29) is 11.7 Å². The van der Waals surface area contributed by atoms with Crippen molar-refractivity contribution in [1.29, 1.82) is 0 Å². The number of hydrogen-bond acceptors (Lipinski definition) is 5. The summed E-state index contributed by atoms with van der Waals surface area (Å²) in [4.78, 5) is 17.1. The van der Waals surface area contributed by atoms with Crippen molar-refractivity contribution in [2.45, 2.75) is 6.42 Å². The lowest BCUT2D eigenvalue weighted by Crippen LogP contribution is -2.27. The van der Waals surface area contributed by atoms with Gasteiger partial charge in [-0.05, 0) is 40.8 Å². The molecule has 0 atom stereocenters. The van der Waals surface area contributed by atoms with Crippen molar-refractivity contribution in [3.63, 3.8) is 0 Å². The number of halogens is 1. The van der Waals surface area contributed by atoms with Crippen molar-refractivity contribution in [3.05, 3.63) is 66.0 Å². The highest BCUT2D eigenvalue weighted by molar-refractivity contribution is 5.97. The van der Waals surface area contributed by atoms with Gasteiger partial charge in [0.05, 0.1) is 22.3 Å². The van der Waals surface area contributed by atoms with E-state index >= 15 is 0 Å². The third kappa shape index (κ3) is 3.26. The molecule has 136 valence electrons. The van der Waals surface area contributed by atoms with Gasteiger partial charge in [-0.1, -0.05) is 12.1 Å². The summed E-state index contributed by atoms with van der Waals surface area (Å²) in [6.07, 6.45) is 1.95. The maximum atomic E-state index is 13.4. The number of nitrogens with one attached hydrogen (secondary N) is 1.